The molecule has 1 saturated heterocycles. The van der Waals surface area contributed by atoms with Crippen molar-refractivity contribution in [1.29, 1.82) is 0 Å². The van der Waals surface area contributed by atoms with E-state index in [1.807, 2.05) is 18.3 Å². The molecule has 0 radical (unpaired) electrons. The molecule has 0 spiro atoms. The van der Waals surface area contributed by atoms with Crippen LogP contribution in [0.15, 0.2) is 18.8 Å². The summed E-state index contributed by atoms with van der Waals surface area (Å²) in [6, 6.07) is 2.02. The largest absolute Gasteiger partial charge is 0.354 e. The van der Waals surface area contributed by atoms with E-state index in [1.165, 1.54) is 11.1 Å². The Morgan fingerprint density at radius 2 is 2.00 bits per heavy atom. The molecule has 1 aliphatic heterocycles. The molecule has 0 aromatic carbocycles. The van der Waals surface area contributed by atoms with Gasteiger partial charge in [-0.1, -0.05) is 12.7 Å². The first-order chi connectivity index (χ1) is 7.72. The van der Waals surface area contributed by atoms with Crippen molar-refractivity contribution in [3.8, 4) is 0 Å². The average Bonchev–Trinajstić information content (AvgIpc) is 2.31. The van der Waals surface area contributed by atoms with Gasteiger partial charge in [-0.25, -0.2) is 4.98 Å². The van der Waals surface area contributed by atoms with Crippen LogP contribution >= 0.6 is 0 Å². The van der Waals surface area contributed by atoms with Gasteiger partial charge in [0, 0.05) is 32.4 Å². The Hall–Kier alpha value is -1.35. The molecular weight excluding hydrogens is 198 g/mol. The number of likely N-dealkylation sites (N-methyl/N-ethyl adjacent to an activating group) is 1. The number of pyridine rings is 1. The summed E-state index contributed by atoms with van der Waals surface area (Å²) < 4.78 is 0. The SMILES string of the molecule is C=Cc1ccnc(N2CCN(C)CC2)c1C. The number of aromatic nitrogens is 1. The maximum absolute atomic E-state index is 4.50. The minimum Gasteiger partial charge on any atom is -0.354 e. The molecule has 1 aliphatic rings. The van der Waals surface area contributed by atoms with Gasteiger partial charge >= 0.3 is 0 Å². The summed E-state index contributed by atoms with van der Waals surface area (Å²) in [4.78, 5) is 9.21. The van der Waals surface area contributed by atoms with Gasteiger partial charge in [0.15, 0.2) is 0 Å². The first kappa shape index (κ1) is 11.1. The molecule has 3 nitrogen and oxygen atoms in total. The highest BCUT2D eigenvalue weighted by Gasteiger charge is 2.17. The van der Waals surface area contributed by atoms with E-state index in [0.29, 0.717) is 0 Å². The number of anilines is 1. The highest BCUT2D eigenvalue weighted by atomic mass is 15.3. The summed E-state index contributed by atoms with van der Waals surface area (Å²) >= 11 is 0. The molecule has 1 fully saturated rings. The van der Waals surface area contributed by atoms with E-state index in [-0.39, 0.29) is 0 Å². The second-order valence-corrected chi connectivity index (χ2v) is 4.34. The van der Waals surface area contributed by atoms with Crippen LogP contribution in [0.2, 0.25) is 0 Å². The second kappa shape index (κ2) is 4.66. The van der Waals surface area contributed by atoms with Crippen molar-refractivity contribution < 1.29 is 0 Å². The summed E-state index contributed by atoms with van der Waals surface area (Å²) in [5.41, 5.74) is 2.42. The van der Waals surface area contributed by atoms with E-state index in [4.69, 9.17) is 0 Å². The molecule has 86 valence electrons. The topological polar surface area (TPSA) is 19.4 Å². The highest BCUT2D eigenvalue weighted by Crippen LogP contribution is 2.21. The van der Waals surface area contributed by atoms with Crippen molar-refractivity contribution in [2.24, 2.45) is 0 Å². The molecule has 0 aliphatic carbocycles. The maximum atomic E-state index is 4.50. The fraction of sp³-hybridized carbons (Fsp3) is 0.462. The van der Waals surface area contributed by atoms with Crippen molar-refractivity contribution >= 4 is 11.9 Å². The molecular formula is C13H19N3. The summed E-state index contributed by atoms with van der Waals surface area (Å²) in [7, 11) is 2.16. The Kier molecular flexibility index (Phi) is 3.25. The zero-order valence-electron chi connectivity index (χ0n) is 10.1. The smallest absolute Gasteiger partial charge is 0.132 e. The normalized spacial score (nSPS) is 17.5. The van der Waals surface area contributed by atoms with Gasteiger partial charge in [0.05, 0.1) is 0 Å². The number of hydrogen-bond acceptors (Lipinski definition) is 3. The zero-order chi connectivity index (χ0) is 11.5. The predicted octanol–water partition coefficient (Wildman–Crippen LogP) is 1.78. The lowest BCUT2D eigenvalue weighted by Crippen LogP contribution is -2.45. The lowest BCUT2D eigenvalue weighted by molar-refractivity contribution is 0.312. The highest BCUT2D eigenvalue weighted by molar-refractivity contribution is 5.60. The Balaban J connectivity index is 2.23. The van der Waals surface area contributed by atoms with Crippen LogP contribution in [0, 0.1) is 6.92 Å². The maximum Gasteiger partial charge on any atom is 0.132 e. The van der Waals surface area contributed by atoms with Crippen LogP contribution < -0.4 is 4.90 Å². The minimum absolute atomic E-state index is 1.06. The average molecular weight is 217 g/mol. The molecule has 0 amide bonds. The summed E-state index contributed by atoms with van der Waals surface area (Å²) in [5, 5.41) is 0. The fourth-order valence-corrected chi connectivity index (χ4v) is 2.10. The third-order valence-electron chi connectivity index (χ3n) is 3.24. The molecule has 0 saturated carbocycles. The molecule has 1 aromatic rings. The van der Waals surface area contributed by atoms with E-state index < -0.39 is 0 Å². The van der Waals surface area contributed by atoms with E-state index in [1.54, 1.807) is 0 Å². The van der Waals surface area contributed by atoms with Gasteiger partial charge in [-0.2, -0.15) is 0 Å². The quantitative estimate of drug-likeness (QED) is 0.753. The van der Waals surface area contributed by atoms with Gasteiger partial charge < -0.3 is 9.80 Å². The van der Waals surface area contributed by atoms with Gasteiger partial charge in [-0.15, -0.1) is 0 Å². The molecule has 2 rings (SSSR count). The molecule has 2 heterocycles. The van der Waals surface area contributed by atoms with Crippen LogP contribution in [0.5, 0.6) is 0 Å². The summed E-state index contributed by atoms with van der Waals surface area (Å²) in [6.45, 7) is 10.3. The van der Waals surface area contributed by atoms with E-state index >= 15 is 0 Å². The molecule has 0 atom stereocenters. The Labute approximate surface area is 97.4 Å². The Bertz CT molecular complexity index is 379. The third-order valence-corrected chi connectivity index (χ3v) is 3.24. The number of hydrogen-bond donors (Lipinski definition) is 0. The molecule has 0 unspecified atom stereocenters. The van der Waals surface area contributed by atoms with Crippen LogP contribution in [0.3, 0.4) is 0 Å². The molecule has 3 heteroatoms. The molecule has 0 bridgehead atoms. The van der Waals surface area contributed by atoms with Crippen molar-refractivity contribution in [2.45, 2.75) is 6.92 Å². The molecule has 1 aromatic heterocycles. The predicted molar refractivity (Wildman–Crippen MR) is 68.8 cm³/mol. The standard InChI is InChI=1S/C13H19N3/c1-4-12-5-6-14-13(11(12)2)16-9-7-15(3)8-10-16/h4-6H,1,7-10H2,2-3H3. The van der Waals surface area contributed by atoms with Gasteiger partial charge in [-0.05, 0) is 31.2 Å². The zero-order valence-corrected chi connectivity index (χ0v) is 10.1. The lowest BCUT2D eigenvalue weighted by Gasteiger charge is -2.34. The number of piperazine rings is 1. The monoisotopic (exact) mass is 217 g/mol. The van der Waals surface area contributed by atoms with E-state index in [0.717, 1.165) is 32.0 Å². The minimum atomic E-state index is 1.06. The van der Waals surface area contributed by atoms with Crippen molar-refractivity contribution in [2.75, 3.05) is 38.1 Å². The van der Waals surface area contributed by atoms with Crippen LogP contribution in [0.4, 0.5) is 5.82 Å². The Morgan fingerprint density at radius 1 is 1.31 bits per heavy atom. The van der Waals surface area contributed by atoms with Crippen molar-refractivity contribution in [1.82, 2.24) is 9.88 Å². The van der Waals surface area contributed by atoms with E-state index in [2.05, 4.69) is 35.3 Å². The fourth-order valence-electron chi connectivity index (χ4n) is 2.10. The van der Waals surface area contributed by atoms with Gasteiger partial charge in [-0.3, -0.25) is 0 Å². The number of rotatable bonds is 2. The van der Waals surface area contributed by atoms with E-state index in [9.17, 15) is 0 Å². The second-order valence-electron chi connectivity index (χ2n) is 4.34. The molecule has 0 N–H and O–H groups in total. The van der Waals surface area contributed by atoms with Crippen molar-refractivity contribution in [3.05, 3.63) is 30.0 Å². The lowest BCUT2D eigenvalue weighted by atomic mass is 10.1. The Morgan fingerprint density at radius 3 is 2.62 bits per heavy atom. The van der Waals surface area contributed by atoms with Crippen LogP contribution in [-0.2, 0) is 0 Å². The van der Waals surface area contributed by atoms with Crippen LogP contribution in [0.25, 0.3) is 6.08 Å². The first-order valence-electron chi connectivity index (χ1n) is 5.74. The third kappa shape index (κ3) is 2.09. The van der Waals surface area contributed by atoms with Gasteiger partial charge in [0.2, 0.25) is 0 Å². The molecule has 16 heavy (non-hydrogen) atoms. The van der Waals surface area contributed by atoms with Gasteiger partial charge in [0.25, 0.3) is 0 Å². The van der Waals surface area contributed by atoms with Gasteiger partial charge in [0.1, 0.15) is 5.82 Å². The summed E-state index contributed by atoms with van der Waals surface area (Å²) in [6.07, 6.45) is 3.77. The first-order valence-corrected chi connectivity index (χ1v) is 5.74. The number of nitrogens with zero attached hydrogens (tertiary/aromatic N) is 3. The van der Waals surface area contributed by atoms with Crippen LogP contribution in [0.1, 0.15) is 11.1 Å². The van der Waals surface area contributed by atoms with Crippen LogP contribution in [-0.4, -0.2) is 43.1 Å². The van der Waals surface area contributed by atoms with Crippen molar-refractivity contribution in [3.63, 3.8) is 0 Å². The summed E-state index contributed by atoms with van der Waals surface area (Å²) in [5.74, 6) is 1.12.